The van der Waals surface area contributed by atoms with E-state index < -0.39 is 6.09 Å². The minimum Gasteiger partial charge on any atom is -0.465 e. The Bertz CT molecular complexity index is 558. The number of rotatable bonds is 1. The lowest BCUT2D eigenvalue weighted by Crippen LogP contribution is -2.33. The van der Waals surface area contributed by atoms with Crippen molar-refractivity contribution < 1.29 is 9.90 Å². The predicted octanol–water partition coefficient (Wildman–Crippen LogP) is 1.91. The van der Waals surface area contributed by atoms with Crippen molar-refractivity contribution in [1.82, 2.24) is 4.90 Å². The van der Waals surface area contributed by atoms with Crippen molar-refractivity contribution in [3.05, 3.63) is 35.4 Å². The van der Waals surface area contributed by atoms with Crippen LogP contribution < -0.4 is 5.73 Å². The van der Waals surface area contributed by atoms with Crippen LogP contribution >= 0.6 is 0 Å². The molecule has 0 unspecified atom stereocenters. The van der Waals surface area contributed by atoms with Gasteiger partial charge in [-0.1, -0.05) is 6.08 Å². The van der Waals surface area contributed by atoms with Crippen LogP contribution in [0.25, 0.3) is 5.57 Å². The molecule has 0 saturated carbocycles. The number of hydrogen-bond acceptors (Lipinski definition) is 3. The molecule has 0 aromatic heterocycles. The maximum Gasteiger partial charge on any atom is 0.407 e. The van der Waals surface area contributed by atoms with Crippen LogP contribution in [0.1, 0.15) is 17.5 Å². The number of carboxylic acid groups (broad SMARTS) is 1. The SMILES string of the molecule is N#Cc1ccc(N)c(C2=CCN(C(=O)O)CC2)c1. The highest BCUT2D eigenvalue weighted by atomic mass is 16.4. The Labute approximate surface area is 105 Å². The van der Waals surface area contributed by atoms with Crippen LogP contribution in [0, 0.1) is 11.3 Å². The number of nitrogens with zero attached hydrogens (tertiary/aromatic N) is 2. The molecule has 0 saturated heterocycles. The molecule has 2 rings (SSSR count). The number of benzene rings is 1. The molecule has 5 heteroatoms. The summed E-state index contributed by atoms with van der Waals surface area (Å²) in [4.78, 5) is 12.1. The maximum absolute atomic E-state index is 10.8. The summed E-state index contributed by atoms with van der Waals surface area (Å²) in [6.45, 7) is 0.818. The molecule has 92 valence electrons. The highest BCUT2D eigenvalue weighted by Gasteiger charge is 2.17. The first kappa shape index (κ1) is 12.0. The highest BCUT2D eigenvalue weighted by Crippen LogP contribution is 2.27. The summed E-state index contributed by atoms with van der Waals surface area (Å²) in [6, 6.07) is 7.20. The molecule has 1 aliphatic rings. The summed E-state index contributed by atoms with van der Waals surface area (Å²) in [5.74, 6) is 0. The summed E-state index contributed by atoms with van der Waals surface area (Å²) in [6.07, 6.45) is 1.56. The van der Waals surface area contributed by atoms with E-state index in [1.54, 1.807) is 18.2 Å². The average Bonchev–Trinajstić information content (AvgIpc) is 2.39. The normalized spacial score (nSPS) is 14.8. The largest absolute Gasteiger partial charge is 0.465 e. The van der Waals surface area contributed by atoms with Crippen LogP contribution in [0.5, 0.6) is 0 Å². The van der Waals surface area contributed by atoms with Crippen molar-refractivity contribution in [2.24, 2.45) is 0 Å². The van der Waals surface area contributed by atoms with E-state index in [-0.39, 0.29) is 0 Å². The lowest BCUT2D eigenvalue weighted by atomic mass is 9.96. The maximum atomic E-state index is 10.8. The first-order valence-corrected chi connectivity index (χ1v) is 5.58. The van der Waals surface area contributed by atoms with Crippen molar-refractivity contribution >= 4 is 17.4 Å². The Balaban J connectivity index is 2.28. The van der Waals surface area contributed by atoms with Crippen LogP contribution in [-0.2, 0) is 0 Å². The first-order chi connectivity index (χ1) is 8.61. The van der Waals surface area contributed by atoms with Crippen molar-refractivity contribution in [1.29, 1.82) is 5.26 Å². The van der Waals surface area contributed by atoms with Crippen molar-refractivity contribution in [3.8, 4) is 6.07 Å². The molecule has 0 fully saturated rings. The van der Waals surface area contributed by atoms with Crippen molar-refractivity contribution in [2.75, 3.05) is 18.8 Å². The second kappa shape index (κ2) is 4.80. The predicted molar refractivity (Wildman–Crippen MR) is 67.8 cm³/mol. The molecular formula is C13H13N3O2. The molecule has 18 heavy (non-hydrogen) atoms. The first-order valence-electron chi connectivity index (χ1n) is 5.58. The number of nitrogen functional groups attached to an aromatic ring is 1. The Morgan fingerprint density at radius 3 is 2.83 bits per heavy atom. The van der Waals surface area contributed by atoms with Gasteiger partial charge in [-0.3, -0.25) is 0 Å². The monoisotopic (exact) mass is 243 g/mol. The topological polar surface area (TPSA) is 90.4 Å². The fraction of sp³-hybridized carbons (Fsp3) is 0.231. The lowest BCUT2D eigenvalue weighted by Gasteiger charge is -2.24. The van der Waals surface area contributed by atoms with E-state index in [0.29, 0.717) is 30.8 Å². The van der Waals surface area contributed by atoms with Crippen molar-refractivity contribution in [2.45, 2.75) is 6.42 Å². The highest BCUT2D eigenvalue weighted by molar-refractivity contribution is 5.78. The van der Waals surface area contributed by atoms with Gasteiger partial charge in [0.15, 0.2) is 0 Å². The fourth-order valence-electron chi connectivity index (χ4n) is 1.99. The molecule has 5 nitrogen and oxygen atoms in total. The molecule has 0 bridgehead atoms. The zero-order valence-electron chi connectivity index (χ0n) is 9.76. The second-order valence-corrected chi connectivity index (χ2v) is 4.12. The lowest BCUT2D eigenvalue weighted by molar-refractivity contribution is 0.150. The third kappa shape index (κ3) is 2.28. The van der Waals surface area contributed by atoms with Gasteiger partial charge in [-0.05, 0) is 30.2 Å². The molecule has 0 atom stereocenters. The molecule has 0 spiro atoms. The van der Waals surface area contributed by atoms with E-state index in [1.165, 1.54) is 4.90 Å². The summed E-state index contributed by atoms with van der Waals surface area (Å²) in [5.41, 5.74) is 8.89. The summed E-state index contributed by atoms with van der Waals surface area (Å²) < 4.78 is 0. The van der Waals surface area contributed by atoms with Crippen LogP contribution in [0.4, 0.5) is 10.5 Å². The van der Waals surface area contributed by atoms with Gasteiger partial charge in [0.25, 0.3) is 0 Å². The van der Waals surface area contributed by atoms with Crippen LogP contribution in [0.15, 0.2) is 24.3 Å². The van der Waals surface area contributed by atoms with Crippen LogP contribution in [-0.4, -0.2) is 29.2 Å². The zero-order valence-corrected chi connectivity index (χ0v) is 9.76. The molecule has 1 heterocycles. The van der Waals surface area contributed by atoms with Gasteiger partial charge in [0.1, 0.15) is 0 Å². The van der Waals surface area contributed by atoms with Crippen LogP contribution in [0.2, 0.25) is 0 Å². The fourth-order valence-corrected chi connectivity index (χ4v) is 1.99. The van der Waals surface area contributed by atoms with E-state index in [1.807, 2.05) is 6.08 Å². The van der Waals surface area contributed by atoms with E-state index in [0.717, 1.165) is 11.1 Å². The van der Waals surface area contributed by atoms with Gasteiger partial charge in [0, 0.05) is 24.3 Å². The summed E-state index contributed by atoms with van der Waals surface area (Å²) in [5, 5.41) is 17.7. The Morgan fingerprint density at radius 1 is 1.50 bits per heavy atom. The zero-order chi connectivity index (χ0) is 13.1. The van der Waals surface area contributed by atoms with Gasteiger partial charge in [-0.25, -0.2) is 4.79 Å². The minimum absolute atomic E-state index is 0.362. The van der Waals surface area contributed by atoms with Gasteiger partial charge >= 0.3 is 6.09 Å². The van der Waals surface area contributed by atoms with E-state index in [4.69, 9.17) is 16.1 Å². The molecule has 1 aromatic carbocycles. The van der Waals surface area contributed by atoms with Crippen molar-refractivity contribution in [3.63, 3.8) is 0 Å². The van der Waals surface area contributed by atoms with Gasteiger partial charge in [-0.15, -0.1) is 0 Å². The third-order valence-electron chi connectivity index (χ3n) is 3.01. The molecule has 3 N–H and O–H groups in total. The second-order valence-electron chi connectivity index (χ2n) is 4.12. The minimum atomic E-state index is -0.913. The number of hydrogen-bond donors (Lipinski definition) is 2. The number of nitriles is 1. The quantitative estimate of drug-likeness (QED) is 0.737. The van der Waals surface area contributed by atoms with Crippen LogP contribution in [0.3, 0.4) is 0 Å². The van der Waals surface area contributed by atoms with E-state index >= 15 is 0 Å². The third-order valence-corrected chi connectivity index (χ3v) is 3.01. The van der Waals surface area contributed by atoms with Gasteiger partial charge in [0.2, 0.25) is 0 Å². The molecule has 1 aliphatic heterocycles. The Morgan fingerprint density at radius 2 is 2.28 bits per heavy atom. The number of amides is 1. The average molecular weight is 243 g/mol. The molecule has 0 radical (unpaired) electrons. The van der Waals surface area contributed by atoms with Gasteiger partial charge in [0.05, 0.1) is 11.6 Å². The van der Waals surface area contributed by atoms with Gasteiger partial charge in [-0.2, -0.15) is 5.26 Å². The molecule has 1 amide bonds. The Hall–Kier alpha value is -2.48. The van der Waals surface area contributed by atoms with E-state index in [2.05, 4.69) is 6.07 Å². The molecule has 0 aliphatic carbocycles. The number of anilines is 1. The number of nitrogens with two attached hydrogens (primary N) is 1. The Kier molecular flexibility index (Phi) is 3.20. The molecule has 1 aromatic rings. The van der Waals surface area contributed by atoms with E-state index in [9.17, 15) is 4.79 Å². The molecular weight excluding hydrogens is 230 g/mol. The van der Waals surface area contributed by atoms with Gasteiger partial charge < -0.3 is 15.7 Å². The smallest absolute Gasteiger partial charge is 0.407 e. The number of carbonyl (C=O) groups is 1. The summed E-state index contributed by atoms with van der Waals surface area (Å²) in [7, 11) is 0. The standard InChI is InChI=1S/C13H13N3O2/c14-8-9-1-2-12(15)11(7-9)10-3-5-16(6-4-10)13(17)18/h1-3,7H,4-6,15H2,(H,17,18). The summed E-state index contributed by atoms with van der Waals surface area (Å²) >= 11 is 0.